The molecule has 16 heteroatoms. The Labute approximate surface area is 292 Å². The van der Waals surface area contributed by atoms with Gasteiger partial charge in [-0.15, -0.1) is 0 Å². The van der Waals surface area contributed by atoms with E-state index < -0.39 is 6.04 Å². The lowest BCUT2D eigenvalue weighted by Gasteiger charge is -2.16. The number of nitrogens with two attached hydrogens (primary N) is 1. The van der Waals surface area contributed by atoms with Crippen LogP contribution >= 0.6 is 23.5 Å². The Balaban J connectivity index is 0.825. The van der Waals surface area contributed by atoms with Gasteiger partial charge < -0.3 is 50.7 Å². The van der Waals surface area contributed by atoms with Gasteiger partial charge >= 0.3 is 12.1 Å². The maximum Gasteiger partial charge on any atom is 0.315 e. The van der Waals surface area contributed by atoms with Crippen molar-refractivity contribution in [3.63, 3.8) is 0 Å². The molecule has 6 N–H and O–H groups in total. The van der Waals surface area contributed by atoms with Gasteiger partial charge in [0.2, 0.25) is 0 Å². The highest BCUT2D eigenvalue weighted by molar-refractivity contribution is 8.00. The number of carbonyl (C=O) groups is 4. The number of carbonyl (C=O) groups excluding carboxylic acids is 4. The van der Waals surface area contributed by atoms with Crippen LogP contribution in [0.25, 0.3) is 0 Å². The number of rotatable bonds is 28. The molecule has 0 aromatic carbocycles. The Kier molecular flexibility index (Phi) is 18.1. The fraction of sp³-hybridized carbons (Fsp3) is 0.875. The number of amides is 4. The van der Waals surface area contributed by atoms with Crippen molar-refractivity contribution in [3.05, 3.63) is 0 Å². The molecule has 0 aromatic rings. The molecule has 4 amide bonds. The summed E-state index contributed by atoms with van der Waals surface area (Å²) in [6, 6.07) is 0.135. The quantitative estimate of drug-likeness (QED) is 0.0579. The van der Waals surface area contributed by atoms with Gasteiger partial charge in [0.15, 0.2) is 5.78 Å². The number of Topliss-reactive ketones (excluding diaryl/α,β-unsaturated/α-hetero) is 2. The zero-order valence-corrected chi connectivity index (χ0v) is 29.6. The molecule has 0 aliphatic carbocycles. The van der Waals surface area contributed by atoms with Crippen LogP contribution in [0.2, 0.25) is 0 Å². The first-order chi connectivity index (χ1) is 23.4. The SMILES string of the molecule is NC(COCCOCCOCCOCCOCCC(=O)CCCC[C@@H]1SC[C@@H]2NC(=O)N[C@@H]21)C(=O)CCCC[C@@H]1SC[C@@H]2NC(=O)N[C@@H]21. The van der Waals surface area contributed by atoms with Crippen LogP contribution < -0.4 is 27.0 Å². The molecule has 4 aliphatic heterocycles. The summed E-state index contributed by atoms with van der Waals surface area (Å²) < 4.78 is 27.5. The summed E-state index contributed by atoms with van der Waals surface area (Å²) >= 11 is 3.79. The topological polar surface area (TPSA) is 189 Å². The molecule has 0 bridgehead atoms. The third-order valence-corrected chi connectivity index (χ3v) is 12.0. The first kappa shape index (κ1) is 39.1. The van der Waals surface area contributed by atoms with E-state index in [1.54, 1.807) is 0 Å². The summed E-state index contributed by atoms with van der Waals surface area (Å²) in [5.41, 5.74) is 5.99. The Morgan fingerprint density at radius 1 is 0.625 bits per heavy atom. The van der Waals surface area contributed by atoms with Gasteiger partial charge in [0.05, 0.1) is 96.3 Å². The average molecular weight is 718 g/mol. The summed E-state index contributed by atoms with van der Waals surface area (Å²) in [6.07, 6.45) is 7.02. The molecule has 4 aliphatic rings. The Morgan fingerprint density at radius 2 is 1.08 bits per heavy atom. The van der Waals surface area contributed by atoms with E-state index in [4.69, 9.17) is 29.4 Å². The molecule has 4 heterocycles. The number of hydrogen-bond acceptors (Lipinski definition) is 12. The van der Waals surface area contributed by atoms with E-state index in [9.17, 15) is 19.2 Å². The van der Waals surface area contributed by atoms with Crippen LogP contribution in [0.4, 0.5) is 9.59 Å². The van der Waals surface area contributed by atoms with Gasteiger partial charge in [0.25, 0.3) is 0 Å². The summed E-state index contributed by atoms with van der Waals surface area (Å²) in [7, 11) is 0. The van der Waals surface area contributed by atoms with E-state index >= 15 is 0 Å². The standard InChI is InChI=1S/C32H55N5O9S2/c33-23(26(39)6-2-4-8-28-30-25(21-48-28)35-32(41)37-30)19-46-18-17-45-16-15-44-14-13-43-12-11-42-10-9-22(38)5-1-3-7-27-29-24(20-47-27)34-31(40)36-29/h23-25,27-30H,1-21,33H2,(H2,34,36,40)(H2,35,37,41)/t23?,24-,25-,27-,28-,29-,30-/m0/s1. The van der Waals surface area contributed by atoms with Crippen LogP contribution in [0.1, 0.15) is 57.8 Å². The number of ether oxygens (including phenoxy) is 5. The second-order valence-corrected chi connectivity index (χ2v) is 15.2. The van der Waals surface area contributed by atoms with E-state index in [1.807, 2.05) is 23.5 Å². The summed E-state index contributed by atoms with van der Waals surface area (Å²) in [6.45, 7) is 4.00. The van der Waals surface area contributed by atoms with Gasteiger partial charge in [-0.2, -0.15) is 23.5 Å². The highest BCUT2D eigenvalue weighted by Gasteiger charge is 2.43. The molecule has 1 unspecified atom stereocenters. The van der Waals surface area contributed by atoms with E-state index in [0.717, 1.165) is 50.0 Å². The van der Waals surface area contributed by atoms with Gasteiger partial charge in [-0.25, -0.2) is 9.59 Å². The number of unbranched alkanes of at least 4 members (excludes halogenated alkanes) is 2. The molecule has 48 heavy (non-hydrogen) atoms. The smallest absolute Gasteiger partial charge is 0.315 e. The Bertz CT molecular complexity index is 1020. The molecule has 4 fully saturated rings. The third kappa shape index (κ3) is 13.9. The van der Waals surface area contributed by atoms with Gasteiger partial charge in [0, 0.05) is 41.3 Å². The first-order valence-corrected chi connectivity index (χ1v) is 19.6. The number of nitrogens with one attached hydrogen (secondary N) is 4. The second kappa shape index (κ2) is 22.2. The number of ketones is 2. The molecular formula is C32H55N5O9S2. The summed E-state index contributed by atoms with van der Waals surface area (Å²) in [5, 5.41) is 12.7. The predicted molar refractivity (Wildman–Crippen MR) is 185 cm³/mol. The van der Waals surface area contributed by atoms with Crippen LogP contribution in [0.15, 0.2) is 0 Å². The molecule has 7 atom stereocenters. The van der Waals surface area contributed by atoms with Crippen molar-refractivity contribution >= 4 is 47.2 Å². The second-order valence-electron chi connectivity index (χ2n) is 12.6. The van der Waals surface area contributed by atoms with E-state index in [0.29, 0.717) is 89.2 Å². The fourth-order valence-corrected chi connectivity index (χ4v) is 9.36. The van der Waals surface area contributed by atoms with E-state index in [2.05, 4.69) is 21.3 Å². The lowest BCUT2D eigenvalue weighted by atomic mass is 10.0. The van der Waals surface area contributed by atoms with Crippen molar-refractivity contribution in [1.29, 1.82) is 0 Å². The van der Waals surface area contributed by atoms with Crippen LogP contribution in [0, 0.1) is 0 Å². The Morgan fingerprint density at radius 3 is 1.60 bits per heavy atom. The summed E-state index contributed by atoms with van der Waals surface area (Å²) in [4.78, 5) is 47.4. The van der Waals surface area contributed by atoms with Crippen molar-refractivity contribution in [2.75, 3.05) is 77.6 Å². The van der Waals surface area contributed by atoms with Gasteiger partial charge in [-0.3, -0.25) is 9.59 Å². The number of fused-ring (bicyclic) bond motifs is 2. The fourth-order valence-electron chi connectivity index (χ4n) is 6.28. The maximum atomic E-state index is 12.3. The molecule has 0 spiro atoms. The van der Waals surface area contributed by atoms with Crippen LogP contribution in [0.3, 0.4) is 0 Å². The summed E-state index contributed by atoms with van der Waals surface area (Å²) in [5.74, 6) is 2.13. The number of thioether (sulfide) groups is 2. The molecule has 4 rings (SSSR count). The van der Waals surface area contributed by atoms with Gasteiger partial charge in [0.1, 0.15) is 5.78 Å². The first-order valence-electron chi connectivity index (χ1n) is 17.5. The minimum Gasteiger partial charge on any atom is -0.379 e. The van der Waals surface area contributed by atoms with E-state index in [1.165, 1.54) is 0 Å². The van der Waals surface area contributed by atoms with Crippen molar-refractivity contribution in [3.8, 4) is 0 Å². The zero-order chi connectivity index (χ0) is 34.0. The number of hydrogen-bond donors (Lipinski definition) is 5. The van der Waals surface area contributed by atoms with Gasteiger partial charge in [-0.1, -0.05) is 12.8 Å². The minimum absolute atomic E-state index is 0.0104. The zero-order valence-electron chi connectivity index (χ0n) is 28.0. The van der Waals surface area contributed by atoms with Crippen LogP contribution in [-0.4, -0.2) is 142 Å². The molecule has 4 saturated heterocycles. The number of urea groups is 2. The normalized spacial score (nSPS) is 26.4. The predicted octanol–water partition coefficient (Wildman–Crippen LogP) is 1.38. The minimum atomic E-state index is -0.627. The molecule has 0 aromatic heterocycles. The average Bonchev–Trinajstić information content (AvgIpc) is 3.83. The van der Waals surface area contributed by atoms with Crippen LogP contribution in [-0.2, 0) is 33.3 Å². The molecule has 0 radical (unpaired) electrons. The van der Waals surface area contributed by atoms with E-state index in [-0.39, 0.29) is 54.4 Å². The highest BCUT2D eigenvalue weighted by Crippen LogP contribution is 2.34. The van der Waals surface area contributed by atoms with Crippen molar-refractivity contribution in [1.82, 2.24) is 21.3 Å². The lowest BCUT2D eigenvalue weighted by molar-refractivity contribution is -0.122. The highest BCUT2D eigenvalue weighted by atomic mass is 32.2. The largest absolute Gasteiger partial charge is 0.379 e. The molecular weight excluding hydrogens is 663 g/mol. The molecule has 274 valence electrons. The monoisotopic (exact) mass is 717 g/mol. The van der Waals surface area contributed by atoms with Crippen molar-refractivity contribution < 1.29 is 42.9 Å². The molecule has 14 nitrogen and oxygen atoms in total. The van der Waals surface area contributed by atoms with Gasteiger partial charge in [-0.05, 0) is 25.7 Å². The van der Waals surface area contributed by atoms with Crippen molar-refractivity contribution in [2.24, 2.45) is 5.73 Å². The Hall–Kier alpha value is -1.66. The third-order valence-electron chi connectivity index (χ3n) is 8.96. The van der Waals surface area contributed by atoms with Crippen molar-refractivity contribution in [2.45, 2.75) is 98.5 Å². The molecule has 0 saturated carbocycles. The maximum absolute atomic E-state index is 12.3. The van der Waals surface area contributed by atoms with Crippen LogP contribution in [0.5, 0.6) is 0 Å². The lowest BCUT2D eigenvalue weighted by Crippen LogP contribution is -2.37.